The monoisotopic (exact) mass is 438 g/mol. The predicted octanol–water partition coefficient (Wildman–Crippen LogP) is 2.94. The summed E-state index contributed by atoms with van der Waals surface area (Å²) in [5, 5.41) is 10.4. The number of aliphatic hydroxyl groups is 1. The number of carbonyl (C=O) groups excluding carboxylic acids is 1. The summed E-state index contributed by atoms with van der Waals surface area (Å²) in [6, 6.07) is 8.15. The summed E-state index contributed by atoms with van der Waals surface area (Å²) in [5.74, 6) is 0.485. The molecule has 168 valence electrons. The standard InChI is InChI=1S/C21H34N2O6Si/c1-5-20-22-18-11-9-10-12-19(18)23(20)15-17(24)16-26-21(25)13-14-30(27-6-2,28-7-3)29-8-4/h9-12,17,24H,5-8,13-16H2,1-4H3. The summed E-state index contributed by atoms with van der Waals surface area (Å²) in [6.45, 7) is 9.25. The smallest absolute Gasteiger partial charge is 0.463 e. The van der Waals surface area contributed by atoms with Gasteiger partial charge >= 0.3 is 14.8 Å². The van der Waals surface area contributed by atoms with E-state index in [9.17, 15) is 9.90 Å². The average Bonchev–Trinajstić information content (AvgIpc) is 3.09. The Morgan fingerprint density at radius 2 is 1.73 bits per heavy atom. The molecule has 0 aliphatic carbocycles. The van der Waals surface area contributed by atoms with Crippen molar-refractivity contribution in [2.75, 3.05) is 26.4 Å². The molecule has 1 aromatic heterocycles. The minimum Gasteiger partial charge on any atom is -0.463 e. The summed E-state index contributed by atoms with van der Waals surface area (Å²) in [4.78, 5) is 16.8. The van der Waals surface area contributed by atoms with Gasteiger partial charge in [0.25, 0.3) is 0 Å². The maximum Gasteiger partial charge on any atom is 0.501 e. The Labute approximate surface area is 179 Å². The lowest BCUT2D eigenvalue weighted by Crippen LogP contribution is -2.46. The lowest BCUT2D eigenvalue weighted by molar-refractivity contribution is -0.146. The van der Waals surface area contributed by atoms with Crippen molar-refractivity contribution in [2.45, 2.75) is 59.2 Å². The summed E-state index contributed by atoms with van der Waals surface area (Å²) in [7, 11) is -2.89. The van der Waals surface area contributed by atoms with Gasteiger partial charge in [0.05, 0.1) is 17.6 Å². The van der Waals surface area contributed by atoms with E-state index in [0.29, 0.717) is 32.4 Å². The Morgan fingerprint density at radius 1 is 1.10 bits per heavy atom. The van der Waals surface area contributed by atoms with Gasteiger partial charge in [-0.25, -0.2) is 4.98 Å². The summed E-state index contributed by atoms with van der Waals surface area (Å²) < 4.78 is 24.5. The molecule has 1 unspecified atom stereocenters. The Balaban J connectivity index is 1.90. The fourth-order valence-corrected chi connectivity index (χ4v) is 5.89. The molecule has 0 bridgehead atoms. The molecule has 9 heteroatoms. The van der Waals surface area contributed by atoms with Gasteiger partial charge in [0, 0.05) is 38.7 Å². The van der Waals surface area contributed by atoms with Crippen LogP contribution in [0.4, 0.5) is 0 Å². The second-order valence-corrected chi connectivity index (χ2v) is 9.53. The highest BCUT2D eigenvalue weighted by Crippen LogP contribution is 2.19. The molecule has 0 saturated heterocycles. The van der Waals surface area contributed by atoms with Gasteiger partial charge in [-0.1, -0.05) is 19.1 Å². The molecular formula is C21H34N2O6Si. The van der Waals surface area contributed by atoms with Crippen molar-refractivity contribution >= 4 is 25.8 Å². The van der Waals surface area contributed by atoms with Crippen LogP contribution >= 0.6 is 0 Å². The van der Waals surface area contributed by atoms with E-state index in [-0.39, 0.29) is 13.0 Å². The molecule has 2 aromatic rings. The summed E-state index contributed by atoms with van der Waals surface area (Å²) in [5.41, 5.74) is 1.85. The normalized spacial score (nSPS) is 13.0. The number of aryl methyl sites for hydroxylation is 1. The molecule has 1 atom stereocenters. The zero-order valence-corrected chi connectivity index (χ0v) is 19.4. The lowest BCUT2D eigenvalue weighted by atomic mass is 10.3. The average molecular weight is 439 g/mol. The zero-order valence-electron chi connectivity index (χ0n) is 18.4. The topological polar surface area (TPSA) is 92.0 Å². The SMILES string of the molecule is CCO[Si](CCC(=O)OCC(O)Cn1c(CC)nc2ccccc21)(OCC)OCC. The minimum absolute atomic E-state index is 0.0824. The first-order valence-electron chi connectivity index (χ1n) is 10.7. The second-order valence-electron chi connectivity index (χ2n) is 6.80. The first-order valence-corrected chi connectivity index (χ1v) is 12.6. The highest BCUT2D eigenvalue weighted by molar-refractivity contribution is 6.60. The number of imidazole rings is 1. The number of nitrogens with zero attached hydrogens (tertiary/aromatic N) is 2. The van der Waals surface area contributed by atoms with Gasteiger partial charge < -0.3 is 27.7 Å². The zero-order chi connectivity index (χ0) is 22.0. The van der Waals surface area contributed by atoms with Crippen LogP contribution in [0, 0.1) is 0 Å². The van der Waals surface area contributed by atoms with Crippen molar-refractivity contribution in [3.8, 4) is 0 Å². The molecule has 0 fully saturated rings. The highest BCUT2D eigenvalue weighted by atomic mass is 28.4. The number of para-hydroxylation sites is 2. The van der Waals surface area contributed by atoms with Crippen LogP contribution in [0.2, 0.25) is 6.04 Å². The number of hydrogen-bond donors (Lipinski definition) is 1. The lowest BCUT2D eigenvalue weighted by Gasteiger charge is -2.28. The first-order chi connectivity index (χ1) is 14.5. The molecule has 0 amide bonds. The van der Waals surface area contributed by atoms with E-state index in [1.807, 2.05) is 56.5 Å². The van der Waals surface area contributed by atoms with Crippen molar-refractivity contribution in [1.82, 2.24) is 9.55 Å². The quantitative estimate of drug-likeness (QED) is 0.358. The number of esters is 1. The molecule has 0 spiro atoms. The van der Waals surface area contributed by atoms with E-state index < -0.39 is 20.9 Å². The summed E-state index contributed by atoms with van der Waals surface area (Å²) in [6.07, 6.45) is 0.0393. The Bertz CT molecular complexity index is 780. The van der Waals surface area contributed by atoms with Crippen molar-refractivity contribution in [3.05, 3.63) is 30.1 Å². The number of benzene rings is 1. The molecule has 30 heavy (non-hydrogen) atoms. The molecular weight excluding hydrogens is 404 g/mol. The maximum atomic E-state index is 12.2. The molecule has 1 N–H and O–H groups in total. The minimum atomic E-state index is -2.89. The molecule has 1 heterocycles. The molecule has 0 aliphatic heterocycles. The third-order valence-electron chi connectivity index (χ3n) is 4.61. The van der Waals surface area contributed by atoms with Crippen LogP contribution in [0.25, 0.3) is 11.0 Å². The molecule has 1 aromatic carbocycles. The van der Waals surface area contributed by atoms with Gasteiger partial charge in [-0.05, 0) is 32.9 Å². The fraction of sp³-hybridized carbons (Fsp3) is 0.619. The highest BCUT2D eigenvalue weighted by Gasteiger charge is 2.40. The van der Waals surface area contributed by atoms with E-state index >= 15 is 0 Å². The van der Waals surface area contributed by atoms with E-state index in [4.69, 9.17) is 18.0 Å². The fourth-order valence-electron chi connectivity index (χ4n) is 3.38. The number of ether oxygens (including phenoxy) is 1. The molecule has 0 aliphatic rings. The van der Waals surface area contributed by atoms with E-state index in [1.54, 1.807) is 0 Å². The molecule has 2 rings (SSSR count). The van der Waals surface area contributed by atoms with Gasteiger partial charge in [0.1, 0.15) is 18.5 Å². The van der Waals surface area contributed by atoms with Crippen molar-refractivity contribution in [1.29, 1.82) is 0 Å². The molecule has 8 nitrogen and oxygen atoms in total. The van der Waals surface area contributed by atoms with Crippen LogP contribution in [-0.2, 0) is 35.8 Å². The number of rotatable bonds is 14. The Kier molecular flexibility index (Phi) is 9.93. The van der Waals surface area contributed by atoms with Crippen LogP contribution in [0.1, 0.15) is 39.9 Å². The van der Waals surface area contributed by atoms with E-state index in [0.717, 1.165) is 23.3 Å². The van der Waals surface area contributed by atoms with E-state index in [1.165, 1.54) is 0 Å². The third-order valence-corrected chi connectivity index (χ3v) is 7.66. The first kappa shape index (κ1) is 24.5. The van der Waals surface area contributed by atoms with Gasteiger partial charge in [-0.15, -0.1) is 0 Å². The summed E-state index contributed by atoms with van der Waals surface area (Å²) >= 11 is 0. The number of hydrogen-bond acceptors (Lipinski definition) is 7. The van der Waals surface area contributed by atoms with Gasteiger partial charge in [-0.2, -0.15) is 0 Å². The van der Waals surface area contributed by atoms with Crippen LogP contribution in [0.3, 0.4) is 0 Å². The Hall–Kier alpha value is -1.78. The number of carbonyl (C=O) groups is 1. The van der Waals surface area contributed by atoms with E-state index in [2.05, 4.69) is 4.98 Å². The molecule has 0 radical (unpaired) electrons. The third kappa shape index (κ3) is 6.61. The van der Waals surface area contributed by atoms with Crippen molar-refractivity contribution < 1.29 is 27.9 Å². The van der Waals surface area contributed by atoms with Crippen molar-refractivity contribution in [2.24, 2.45) is 0 Å². The number of fused-ring (bicyclic) bond motifs is 1. The van der Waals surface area contributed by atoms with Crippen LogP contribution < -0.4 is 0 Å². The largest absolute Gasteiger partial charge is 0.501 e. The molecule has 0 saturated carbocycles. The number of aliphatic hydroxyl groups excluding tert-OH is 1. The second kappa shape index (κ2) is 12.2. The van der Waals surface area contributed by atoms with Crippen LogP contribution in [0.15, 0.2) is 24.3 Å². The van der Waals surface area contributed by atoms with Crippen LogP contribution in [0.5, 0.6) is 0 Å². The van der Waals surface area contributed by atoms with Crippen LogP contribution in [-0.4, -0.2) is 62.0 Å². The predicted molar refractivity (Wildman–Crippen MR) is 116 cm³/mol. The van der Waals surface area contributed by atoms with Gasteiger partial charge in [0.2, 0.25) is 0 Å². The van der Waals surface area contributed by atoms with Gasteiger partial charge in [0.15, 0.2) is 0 Å². The van der Waals surface area contributed by atoms with Gasteiger partial charge in [-0.3, -0.25) is 4.79 Å². The number of aromatic nitrogens is 2. The van der Waals surface area contributed by atoms with Crippen molar-refractivity contribution in [3.63, 3.8) is 0 Å². The maximum absolute atomic E-state index is 12.2. The Morgan fingerprint density at radius 3 is 2.33 bits per heavy atom.